The summed E-state index contributed by atoms with van der Waals surface area (Å²) < 4.78 is 0. The first-order valence-corrected chi connectivity index (χ1v) is 4.45. The number of nitrogens with zero attached hydrogens (tertiary/aromatic N) is 1. The zero-order chi connectivity index (χ0) is 9.52. The van der Waals surface area contributed by atoms with E-state index in [0.717, 1.165) is 19.4 Å². The number of carbonyl (C=O) groups is 1. The molecular formula is C10H13N2O. The molecule has 0 aliphatic rings. The van der Waals surface area contributed by atoms with E-state index in [4.69, 9.17) is 0 Å². The minimum Gasteiger partial charge on any atom is -0.352 e. The Morgan fingerprint density at radius 1 is 1.69 bits per heavy atom. The number of hydrogen-bond acceptors (Lipinski definition) is 2. The molecule has 0 bridgehead atoms. The van der Waals surface area contributed by atoms with Crippen molar-refractivity contribution in [3.8, 4) is 0 Å². The number of amides is 1. The molecule has 3 heteroatoms. The van der Waals surface area contributed by atoms with Gasteiger partial charge < -0.3 is 5.32 Å². The van der Waals surface area contributed by atoms with Crippen molar-refractivity contribution in [1.29, 1.82) is 0 Å². The Hall–Kier alpha value is -1.38. The van der Waals surface area contributed by atoms with E-state index < -0.39 is 0 Å². The van der Waals surface area contributed by atoms with Crippen LogP contribution in [-0.2, 0) is 0 Å². The summed E-state index contributed by atoms with van der Waals surface area (Å²) in [5.41, 5.74) is 0.499. The fourth-order valence-corrected chi connectivity index (χ4v) is 0.927. The number of carbonyl (C=O) groups excluding carboxylic acids is 1. The average Bonchev–Trinajstić information content (AvgIpc) is 2.19. The fourth-order valence-electron chi connectivity index (χ4n) is 0.927. The van der Waals surface area contributed by atoms with Gasteiger partial charge in [0, 0.05) is 12.7 Å². The third kappa shape index (κ3) is 3.23. The van der Waals surface area contributed by atoms with Gasteiger partial charge in [0.15, 0.2) is 0 Å². The van der Waals surface area contributed by atoms with E-state index in [1.54, 1.807) is 18.3 Å². The zero-order valence-corrected chi connectivity index (χ0v) is 7.71. The van der Waals surface area contributed by atoms with Gasteiger partial charge in [0.25, 0.3) is 5.91 Å². The number of hydrogen-bond donors (Lipinski definition) is 1. The second-order valence-electron chi connectivity index (χ2n) is 2.77. The molecule has 3 nitrogen and oxygen atoms in total. The Bertz CT molecular complexity index is 259. The smallest absolute Gasteiger partial charge is 0.253 e. The van der Waals surface area contributed by atoms with E-state index in [1.165, 1.54) is 0 Å². The summed E-state index contributed by atoms with van der Waals surface area (Å²) in [5.74, 6) is -0.0958. The van der Waals surface area contributed by atoms with Crippen LogP contribution < -0.4 is 5.32 Å². The molecule has 1 N–H and O–H groups in total. The van der Waals surface area contributed by atoms with Crippen LogP contribution in [0.3, 0.4) is 0 Å². The zero-order valence-electron chi connectivity index (χ0n) is 7.71. The van der Waals surface area contributed by atoms with Gasteiger partial charge in [-0.25, -0.2) is 0 Å². The predicted octanol–water partition coefficient (Wildman–Crippen LogP) is 1.41. The standard InChI is InChI=1S/C10H13N2O/c1-2-3-7-12-10(13)9-5-4-6-11-8-9/h4-6H,2-3,7H2,1H3,(H,12,13). The summed E-state index contributed by atoms with van der Waals surface area (Å²) >= 11 is 0. The lowest BCUT2D eigenvalue weighted by Gasteiger charge is -2.02. The van der Waals surface area contributed by atoms with Crippen molar-refractivity contribution in [1.82, 2.24) is 10.3 Å². The van der Waals surface area contributed by atoms with Crippen LogP contribution in [0.4, 0.5) is 0 Å². The van der Waals surface area contributed by atoms with E-state index in [-0.39, 0.29) is 5.91 Å². The number of aromatic nitrogens is 1. The van der Waals surface area contributed by atoms with E-state index in [1.807, 2.05) is 0 Å². The summed E-state index contributed by atoms with van der Waals surface area (Å²) in [7, 11) is 0. The first-order valence-electron chi connectivity index (χ1n) is 4.45. The average molecular weight is 177 g/mol. The Kier molecular flexibility index (Phi) is 3.96. The van der Waals surface area contributed by atoms with Crippen LogP contribution in [-0.4, -0.2) is 17.4 Å². The second-order valence-corrected chi connectivity index (χ2v) is 2.77. The monoisotopic (exact) mass is 177 g/mol. The van der Waals surface area contributed by atoms with Crippen molar-refractivity contribution in [2.45, 2.75) is 19.8 Å². The van der Waals surface area contributed by atoms with Gasteiger partial charge in [-0.1, -0.05) is 13.3 Å². The highest BCUT2D eigenvalue weighted by molar-refractivity contribution is 5.93. The summed E-state index contributed by atoms with van der Waals surface area (Å²) in [5, 5.41) is 2.79. The van der Waals surface area contributed by atoms with Gasteiger partial charge in [-0.2, -0.15) is 0 Å². The van der Waals surface area contributed by atoms with Crippen molar-refractivity contribution in [2.75, 3.05) is 6.54 Å². The van der Waals surface area contributed by atoms with E-state index in [2.05, 4.69) is 23.4 Å². The highest BCUT2D eigenvalue weighted by Gasteiger charge is 2.02. The van der Waals surface area contributed by atoms with Crippen LogP contribution in [0.1, 0.15) is 30.1 Å². The molecule has 0 saturated carbocycles. The minimum absolute atomic E-state index is 0.0958. The number of unbranched alkanes of at least 4 members (excludes halogenated alkanes) is 1. The van der Waals surface area contributed by atoms with Gasteiger partial charge in [-0.15, -0.1) is 0 Å². The molecule has 0 atom stereocenters. The lowest BCUT2D eigenvalue weighted by Crippen LogP contribution is -2.24. The quantitative estimate of drug-likeness (QED) is 0.706. The molecule has 69 valence electrons. The molecule has 0 unspecified atom stereocenters. The Morgan fingerprint density at radius 2 is 2.54 bits per heavy atom. The third-order valence-electron chi connectivity index (χ3n) is 1.67. The maximum atomic E-state index is 11.3. The molecule has 1 amide bonds. The van der Waals surface area contributed by atoms with Crippen LogP contribution in [0.5, 0.6) is 0 Å². The maximum Gasteiger partial charge on any atom is 0.253 e. The van der Waals surface area contributed by atoms with Gasteiger partial charge in [0.2, 0.25) is 0 Å². The summed E-state index contributed by atoms with van der Waals surface area (Å²) in [6.45, 7) is 2.81. The molecule has 1 aromatic heterocycles. The van der Waals surface area contributed by atoms with Crippen molar-refractivity contribution in [3.05, 3.63) is 30.1 Å². The van der Waals surface area contributed by atoms with Crippen LogP contribution in [0.15, 0.2) is 18.3 Å². The predicted molar refractivity (Wildman–Crippen MR) is 50.3 cm³/mol. The number of rotatable bonds is 4. The van der Waals surface area contributed by atoms with E-state index in [9.17, 15) is 4.79 Å². The van der Waals surface area contributed by atoms with Gasteiger partial charge in [-0.05, 0) is 18.6 Å². The molecule has 1 heterocycles. The minimum atomic E-state index is -0.0958. The first kappa shape index (κ1) is 9.71. The third-order valence-corrected chi connectivity index (χ3v) is 1.67. The van der Waals surface area contributed by atoms with Crippen molar-refractivity contribution in [3.63, 3.8) is 0 Å². The number of pyridine rings is 1. The summed E-state index contributed by atoms with van der Waals surface area (Å²) in [6.07, 6.45) is 6.32. The molecular weight excluding hydrogens is 164 g/mol. The molecule has 0 fully saturated rings. The molecule has 0 spiro atoms. The maximum absolute atomic E-state index is 11.3. The molecule has 13 heavy (non-hydrogen) atoms. The van der Waals surface area contributed by atoms with Crippen LogP contribution in [0.2, 0.25) is 0 Å². The van der Waals surface area contributed by atoms with Crippen LogP contribution >= 0.6 is 0 Å². The molecule has 0 aromatic carbocycles. The van der Waals surface area contributed by atoms with E-state index in [0.29, 0.717) is 5.56 Å². The fraction of sp³-hybridized carbons (Fsp3) is 0.400. The second kappa shape index (κ2) is 5.30. The number of nitrogens with one attached hydrogen (secondary N) is 1. The lowest BCUT2D eigenvalue weighted by molar-refractivity contribution is 0.0952. The van der Waals surface area contributed by atoms with Crippen molar-refractivity contribution >= 4 is 5.91 Å². The van der Waals surface area contributed by atoms with Crippen molar-refractivity contribution in [2.24, 2.45) is 0 Å². The highest BCUT2D eigenvalue weighted by Crippen LogP contribution is 1.94. The summed E-state index contributed by atoms with van der Waals surface area (Å²) in [6, 6.07) is 3.43. The molecule has 0 saturated heterocycles. The molecule has 0 aliphatic heterocycles. The van der Waals surface area contributed by atoms with Crippen molar-refractivity contribution < 1.29 is 4.79 Å². The molecule has 0 aliphatic carbocycles. The summed E-state index contributed by atoms with van der Waals surface area (Å²) in [4.78, 5) is 15.1. The van der Waals surface area contributed by atoms with Crippen LogP contribution in [0, 0.1) is 6.20 Å². The van der Waals surface area contributed by atoms with Crippen LogP contribution in [0.25, 0.3) is 0 Å². The highest BCUT2D eigenvalue weighted by atomic mass is 16.1. The van der Waals surface area contributed by atoms with Gasteiger partial charge in [0.1, 0.15) is 6.20 Å². The Morgan fingerprint density at radius 3 is 3.15 bits per heavy atom. The Balaban J connectivity index is 2.40. The van der Waals surface area contributed by atoms with Gasteiger partial charge >= 0.3 is 0 Å². The molecule has 1 radical (unpaired) electrons. The SMILES string of the molecule is CCCCNC(=O)c1[c]nccc1. The van der Waals surface area contributed by atoms with Gasteiger partial charge in [0.05, 0.1) is 5.56 Å². The molecule has 1 aromatic rings. The first-order chi connectivity index (χ1) is 6.34. The topological polar surface area (TPSA) is 42.0 Å². The largest absolute Gasteiger partial charge is 0.352 e. The Labute approximate surface area is 78.2 Å². The lowest BCUT2D eigenvalue weighted by atomic mass is 10.2. The van der Waals surface area contributed by atoms with Gasteiger partial charge in [-0.3, -0.25) is 9.78 Å². The molecule has 1 rings (SSSR count). The normalized spacial score (nSPS) is 9.62. The van der Waals surface area contributed by atoms with E-state index >= 15 is 0 Å².